The van der Waals surface area contributed by atoms with E-state index in [-0.39, 0.29) is 17.8 Å². The lowest BCUT2D eigenvalue weighted by molar-refractivity contribution is -0.130. The van der Waals surface area contributed by atoms with Gasteiger partial charge in [0.25, 0.3) is 0 Å². The molecule has 0 spiro atoms. The van der Waals surface area contributed by atoms with Gasteiger partial charge >= 0.3 is 0 Å². The predicted octanol–water partition coefficient (Wildman–Crippen LogP) is 4.04. The Morgan fingerprint density at radius 1 is 1.28 bits per heavy atom. The van der Waals surface area contributed by atoms with Crippen molar-refractivity contribution >= 4 is 29.3 Å². The van der Waals surface area contributed by atoms with E-state index in [0.29, 0.717) is 29.6 Å². The lowest BCUT2D eigenvalue weighted by Crippen LogP contribution is -2.42. The fourth-order valence-corrected chi connectivity index (χ4v) is 3.59. The van der Waals surface area contributed by atoms with Gasteiger partial charge in [0.2, 0.25) is 5.91 Å². The van der Waals surface area contributed by atoms with Crippen LogP contribution in [0.25, 0.3) is 0 Å². The molecule has 1 fully saturated rings. The second-order valence-electron chi connectivity index (χ2n) is 5.75. The van der Waals surface area contributed by atoms with Crippen molar-refractivity contribution in [3.8, 4) is 5.75 Å². The standard InChI is InChI=1S/C18H18ClFN2O2S/c19-16-11-21-8-5-17(16)24-14-6-9-22(10-7-14)18(23)12-25-15-3-1-13(20)2-4-15/h1-5,8,11,14H,6-7,9-10,12H2. The van der Waals surface area contributed by atoms with E-state index < -0.39 is 0 Å². The number of halogens is 2. The number of rotatable bonds is 5. The molecule has 1 aromatic carbocycles. The van der Waals surface area contributed by atoms with E-state index in [0.717, 1.165) is 17.7 Å². The molecular weight excluding hydrogens is 363 g/mol. The minimum absolute atomic E-state index is 0.0497. The number of ether oxygens (including phenoxy) is 1. The van der Waals surface area contributed by atoms with E-state index in [1.54, 1.807) is 30.6 Å². The molecule has 1 amide bonds. The molecule has 0 aliphatic carbocycles. The summed E-state index contributed by atoms with van der Waals surface area (Å²) in [5, 5.41) is 0.497. The van der Waals surface area contributed by atoms with E-state index >= 15 is 0 Å². The number of thioether (sulfide) groups is 1. The summed E-state index contributed by atoms with van der Waals surface area (Å²) in [4.78, 5) is 19.0. The molecule has 1 saturated heterocycles. The van der Waals surface area contributed by atoms with E-state index in [9.17, 15) is 9.18 Å². The molecule has 25 heavy (non-hydrogen) atoms. The second kappa shape index (κ2) is 8.54. The highest BCUT2D eigenvalue weighted by atomic mass is 35.5. The Labute approximate surface area is 155 Å². The molecular formula is C18H18ClFN2O2S. The number of hydrogen-bond acceptors (Lipinski definition) is 4. The molecule has 0 radical (unpaired) electrons. The third-order valence-corrected chi connectivity index (χ3v) is 5.28. The smallest absolute Gasteiger partial charge is 0.232 e. The van der Waals surface area contributed by atoms with Gasteiger partial charge < -0.3 is 9.64 Å². The van der Waals surface area contributed by atoms with Crippen molar-refractivity contribution in [1.29, 1.82) is 0 Å². The molecule has 0 atom stereocenters. The third-order valence-electron chi connectivity index (χ3n) is 4.00. The van der Waals surface area contributed by atoms with Crippen LogP contribution in [0.3, 0.4) is 0 Å². The number of likely N-dealkylation sites (tertiary alicyclic amines) is 1. The number of pyridine rings is 1. The van der Waals surface area contributed by atoms with Crippen LogP contribution in [0.5, 0.6) is 5.75 Å². The molecule has 0 N–H and O–H groups in total. The summed E-state index contributed by atoms with van der Waals surface area (Å²) >= 11 is 7.48. The fourth-order valence-electron chi connectivity index (χ4n) is 2.63. The Morgan fingerprint density at radius 2 is 2.00 bits per heavy atom. The average molecular weight is 381 g/mol. The van der Waals surface area contributed by atoms with Crippen LogP contribution in [-0.2, 0) is 4.79 Å². The minimum Gasteiger partial charge on any atom is -0.489 e. The number of benzene rings is 1. The van der Waals surface area contributed by atoms with Crippen molar-refractivity contribution < 1.29 is 13.9 Å². The summed E-state index contributed by atoms with van der Waals surface area (Å²) in [6, 6.07) is 7.93. The number of amides is 1. The Morgan fingerprint density at radius 3 is 2.68 bits per heavy atom. The maximum absolute atomic E-state index is 12.9. The van der Waals surface area contributed by atoms with Crippen molar-refractivity contribution in [2.24, 2.45) is 0 Å². The van der Waals surface area contributed by atoms with Gasteiger partial charge in [-0.25, -0.2) is 4.39 Å². The highest BCUT2D eigenvalue weighted by Gasteiger charge is 2.24. The van der Waals surface area contributed by atoms with Crippen LogP contribution in [0.2, 0.25) is 5.02 Å². The summed E-state index contributed by atoms with van der Waals surface area (Å²) in [5.74, 6) is 0.808. The molecule has 1 aliphatic rings. The maximum atomic E-state index is 12.9. The first-order valence-corrected chi connectivity index (χ1v) is 9.40. The largest absolute Gasteiger partial charge is 0.489 e. The first kappa shape index (κ1) is 18.0. The molecule has 3 rings (SSSR count). The average Bonchev–Trinajstić information content (AvgIpc) is 2.63. The third kappa shape index (κ3) is 5.09. The number of nitrogens with zero attached hydrogens (tertiary/aromatic N) is 2. The Balaban J connectivity index is 1.44. The van der Waals surface area contributed by atoms with Crippen LogP contribution in [0.1, 0.15) is 12.8 Å². The summed E-state index contributed by atoms with van der Waals surface area (Å²) in [5.41, 5.74) is 0. The van der Waals surface area contributed by atoms with Crippen LogP contribution in [0, 0.1) is 5.82 Å². The van der Waals surface area contributed by atoms with E-state index in [2.05, 4.69) is 4.98 Å². The van der Waals surface area contributed by atoms with Crippen LogP contribution in [0.15, 0.2) is 47.6 Å². The first-order chi connectivity index (χ1) is 12.1. The second-order valence-corrected chi connectivity index (χ2v) is 7.20. The molecule has 7 heteroatoms. The zero-order valence-electron chi connectivity index (χ0n) is 13.5. The molecule has 1 aromatic heterocycles. The van der Waals surface area contributed by atoms with Crippen molar-refractivity contribution in [1.82, 2.24) is 9.88 Å². The number of piperidine rings is 1. The molecule has 0 unspecified atom stereocenters. The summed E-state index contributed by atoms with van der Waals surface area (Å²) in [7, 11) is 0. The summed E-state index contributed by atoms with van der Waals surface area (Å²) < 4.78 is 18.8. The molecule has 4 nitrogen and oxygen atoms in total. The number of aromatic nitrogens is 1. The Kier molecular flexibility index (Phi) is 6.15. The van der Waals surface area contributed by atoms with E-state index in [4.69, 9.17) is 16.3 Å². The number of carbonyl (C=O) groups excluding carboxylic acids is 1. The number of carbonyl (C=O) groups is 1. The van der Waals surface area contributed by atoms with Gasteiger partial charge in [-0.2, -0.15) is 0 Å². The monoisotopic (exact) mass is 380 g/mol. The van der Waals surface area contributed by atoms with Crippen LogP contribution < -0.4 is 4.74 Å². The summed E-state index contributed by atoms with van der Waals surface area (Å²) in [6.07, 6.45) is 4.79. The van der Waals surface area contributed by atoms with Gasteiger partial charge in [-0.15, -0.1) is 11.8 Å². The van der Waals surface area contributed by atoms with Crippen molar-refractivity contribution in [3.05, 3.63) is 53.6 Å². The van der Waals surface area contributed by atoms with E-state index in [1.165, 1.54) is 23.9 Å². The van der Waals surface area contributed by atoms with Gasteiger partial charge in [0.1, 0.15) is 22.7 Å². The van der Waals surface area contributed by atoms with Gasteiger partial charge in [-0.3, -0.25) is 9.78 Å². The Hall–Kier alpha value is -1.79. The molecule has 0 saturated carbocycles. The first-order valence-electron chi connectivity index (χ1n) is 8.04. The topological polar surface area (TPSA) is 42.4 Å². The fraction of sp³-hybridized carbons (Fsp3) is 0.333. The van der Waals surface area contributed by atoms with Crippen LogP contribution in [0.4, 0.5) is 4.39 Å². The maximum Gasteiger partial charge on any atom is 0.232 e. The quantitative estimate of drug-likeness (QED) is 0.734. The van der Waals surface area contributed by atoms with Gasteiger partial charge in [0.05, 0.1) is 5.75 Å². The normalized spacial score (nSPS) is 15.2. The van der Waals surface area contributed by atoms with Gasteiger partial charge in [-0.1, -0.05) is 11.6 Å². The molecule has 2 aromatic rings. The molecule has 0 bridgehead atoms. The van der Waals surface area contributed by atoms with E-state index in [1.807, 2.05) is 4.90 Å². The Bertz CT molecular complexity index is 721. The van der Waals surface area contributed by atoms with Crippen molar-refractivity contribution in [2.45, 2.75) is 23.8 Å². The van der Waals surface area contributed by atoms with Crippen molar-refractivity contribution in [3.63, 3.8) is 0 Å². The molecule has 2 heterocycles. The molecule has 1 aliphatic heterocycles. The SMILES string of the molecule is O=C(CSc1ccc(F)cc1)N1CCC(Oc2ccncc2Cl)CC1. The predicted molar refractivity (Wildman–Crippen MR) is 96.6 cm³/mol. The highest BCUT2D eigenvalue weighted by Crippen LogP contribution is 2.26. The van der Waals surface area contributed by atoms with Gasteiger partial charge in [0.15, 0.2) is 0 Å². The number of hydrogen-bond donors (Lipinski definition) is 0. The molecule has 132 valence electrons. The van der Waals surface area contributed by atoms with Gasteiger partial charge in [-0.05, 0) is 24.3 Å². The lowest BCUT2D eigenvalue weighted by atomic mass is 10.1. The zero-order chi connectivity index (χ0) is 17.6. The van der Waals surface area contributed by atoms with Crippen LogP contribution in [-0.4, -0.2) is 40.7 Å². The summed E-state index contributed by atoms with van der Waals surface area (Å²) in [6.45, 7) is 1.33. The highest BCUT2D eigenvalue weighted by molar-refractivity contribution is 8.00. The lowest BCUT2D eigenvalue weighted by Gasteiger charge is -2.32. The minimum atomic E-state index is -0.271. The van der Waals surface area contributed by atoms with Gasteiger partial charge in [0, 0.05) is 49.3 Å². The van der Waals surface area contributed by atoms with Crippen LogP contribution >= 0.6 is 23.4 Å². The van der Waals surface area contributed by atoms with Crippen molar-refractivity contribution in [2.75, 3.05) is 18.8 Å². The zero-order valence-corrected chi connectivity index (χ0v) is 15.1.